The van der Waals surface area contributed by atoms with Crippen molar-refractivity contribution in [1.29, 1.82) is 0 Å². The molecule has 1 atom stereocenters. The van der Waals surface area contributed by atoms with Crippen molar-refractivity contribution in [1.82, 2.24) is 4.72 Å². The minimum absolute atomic E-state index is 0.0204. The van der Waals surface area contributed by atoms with Gasteiger partial charge in [-0.25, -0.2) is 13.2 Å². The van der Waals surface area contributed by atoms with E-state index in [2.05, 4.69) is 11.3 Å². The van der Waals surface area contributed by atoms with Crippen LogP contribution in [0.4, 0.5) is 0 Å². The maximum absolute atomic E-state index is 12.9. The molecule has 3 rings (SSSR count). The maximum atomic E-state index is 12.9. The number of benzene rings is 3. The summed E-state index contributed by atoms with van der Waals surface area (Å²) < 4.78 is 33.6. The number of rotatable bonds is 7. The van der Waals surface area contributed by atoms with Gasteiger partial charge in [0, 0.05) is 5.02 Å². The van der Waals surface area contributed by atoms with E-state index in [-0.39, 0.29) is 10.5 Å². The van der Waals surface area contributed by atoms with Gasteiger partial charge in [0.05, 0.1) is 16.5 Å². The summed E-state index contributed by atoms with van der Waals surface area (Å²) >= 11 is 5.84. The highest BCUT2D eigenvalue weighted by Gasteiger charge is 2.28. The fourth-order valence-electron chi connectivity index (χ4n) is 2.60. The van der Waals surface area contributed by atoms with Crippen LogP contribution >= 0.6 is 11.6 Å². The van der Waals surface area contributed by atoms with Gasteiger partial charge in [0.15, 0.2) is 0 Å². The van der Waals surface area contributed by atoms with Gasteiger partial charge < -0.3 is 4.74 Å². The minimum atomic E-state index is -3.95. The zero-order valence-corrected chi connectivity index (χ0v) is 16.9. The second-order valence-electron chi connectivity index (χ2n) is 6.15. The number of nitrogens with one attached hydrogen (secondary N) is 1. The summed E-state index contributed by atoms with van der Waals surface area (Å²) in [5, 5.41) is 0.416. The Morgan fingerprint density at radius 1 is 0.897 bits per heavy atom. The molecule has 0 fully saturated rings. The maximum Gasteiger partial charge on any atom is 0.340 e. The van der Waals surface area contributed by atoms with Crippen LogP contribution in [0.5, 0.6) is 5.75 Å². The Morgan fingerprint density at radius 2 is 1.45 bits per heavy atom. The molecule has 0 saturated heterocycles. The fraction of sp³-hybridized carbons (Fsp3) is 0.0455. The van der Waals surface area contributed by atoms with Crippen LogP contribution in [-0.4, -0.2) is 14.4 Å². The third kappa shape index (κ3) is 5.32. The van der Waals surface area contributed by atoms with Gasteiger partial charge in [-0.1, -0.05) is 66.7 Å². The van der Waals surface area contributed by atoms with Crippen molar-refractivity contribution in [2.24, 2.45) is 0 Å². The molecule has 0 radical (unpaired) electrons. The molecular formula is C22H18ClNO4S. The largest absolute Gasteiger partial charge is 0.423 e. The quantitative estimate of drug-likeness (QED) is 0.342. The molecule has 5 nitrogen and oxygen atoms in total. The lowest BCUT2D eigenvalue weighted by Crippen LogP contribution is -2.32. The van der Waals surface area contributed by atoms with E-state index in [1.807, 2.05) is 0 Å². The second kappa shape index (κ2) is 9.05. The monoisotopic (exact) mass is 427 g/mol. The first-order valence-corrected chi connectivity index (χ1v) is 10.5. The second-order valence-corrected chi connectivity index (χ2v) is 8.30. The van der Waals surface area contributed by atoms with Crippen molar-refractivity contribution in [2.75, 3.05) is 0 Å². The molecule has 0 saturated carbocycles. The van der Waals surface area contributed by atoms with Gasteiger partial charge in [0.2, 0.25) is 10.0 Å². The Labute approximate surface area is 174 Å². The average molecular weight is 428 g/mol. The standard InChI is InChI=1S/C22H18ClNO4S/c1-16(22(25)28-19-10-6-3-7-11-19)21(17-8-4-2-5-9-17)24-29(26,27)20-14-12-18(23)13-15-20/h2-15,21,24H,1H2/t21-/m1/s1. The Morgan fingerprint density at radius 3 is 2.03 bits per heavy atom. The summed E-state index contributed by atoms with van der Waals surface area (Å²) in [4.78, 5) is 12.6. The van der Waals surface area contributed by atoms with E-state index in [4.69, 9.17) is 16.3 Å². The zero-order valence-electron chi connectivity index (χ0n) is 15.3. The molecule has 0 aliphatic rings. The fourth-order valence-corrected chi connectivity index (χ4v) is 3.95. The van der Waals surface area contributed by atoms with Crippen LogP contribution in [0.15, 0.2) is 102 Å². The highest BCUT2D eigenvalue weighted by Crippen LogP contribution is 2.25. The number of ether oxygens (including phenoxy) is 1. The number of carbonyl (C=O) groups excluding carboxylic acids is 1. The van der Waals surface area contributed by atoms with Crippen molar-refractivity contribution in [3.63, 3.8) is 0 Å². The van der Waals surface area contributed by atoms with E-state index in [0.717, 1.165) is 0 Å². The lowest BCUT2D eigenvalue weighted by Gasteiger charge is -2.21. The van der Waals surface area contributed by atoms with Crippen LogP contribution in [0, 0.1) is 0 Å². The van der Waals surface area contributed by atoms with Crippen molar-refractivity contribution in [3.8, 4) is 5.75 Å². The summed E-state index contributed by atoms with van der Waals surface area (Å²) in [6.45, 7) is 3.80. The number of hydrogen-bond acceptors (Lipinski definition) is 4. The van der Waals surface area contributed by atoms with E-state index in [9.17, 15) is 13.2 Å². The molecule has 0 heterocycles. The molecule has 0 aliphatic heterocycles. The molecule has 3 aromatic carbocycles. The summed E-state index contributed by atoms with van der Waals surface area (Å²) in [6, 6.07) is 21.9. The van der Waals surface area contributed by atoms with Crippen LogP contribution in [0.2, 0.25) is 5.02 Å². The predicted molar refractivity (Wildman–Crippen MR) is 112 cm³/mol. The molecule has 0 unspecified atom stereocenters. The highest BCUT2D eigenvalue weighted by molar-refractivity contribution is 7.89. The molecule has 0 aromatic heterocycles. The molecule has 148 valence electrons. The molecule has 3 aromatic rings. The van der Waals surface area contributed by atoms with Crippen molar-refractivity contribution in [2.45, 2.75) is 10.9 Å². The van der Waals surface area contributed by atoms with Crippen molar-refractivity contribution >= 4 is 27.6 Å². The summed E-state index contributed by atoms with van der Waals surface area (Å²) in [5.41, 5.74) is 0.512. The number of esters is 1. The molecule has 7 heteroatoms. The zero-order chi connectivity index (χ0) is 20.9. The van der Waals surface area contributed by atoms with Gasteiger partial charge in [0.25, 0.3) is 0 Å². The molecule has 29 heavy (non-hydrogen) atoms. The van der Waals surface area contributed by atoms with E-state index < -0.39 is 22.0 Å². The topological polar surface area (TPSA) is 72.5 Å². The van der Waals surface area contributed by atoms with E-state index in [1.165, 1.54) is 24.3 Å². The van der Waals surface area contributed by atoms with Crippen LogP contribution in [0.25, 0.3) is 0 Å². The van der Waals surface area contributed by atoms with Crippen LogP contribution in [-0.2, 0) is 14.8 Å². The van der Waals surface area contributed by atoms with Crippen molar-refractivity contribution in [3.05, 3.63) is 108 Å². The highest BCUT2D eigenvalue weighted by atomic mass is 35.5. The normalized spacial score (nSPS) is 12.2. The Bertz CT molecular complexity index is 1100. The Balaban J connectivity index is 1.90. The SMILES string of the molecule is C=C(C(=O)Oc1ccccc1)[C@@H](NS(=O)(=O)c1ccc(Cl)cc1)c1ccccc1. The average Bonchev–Trinajstić information content (AvgIpc) is 2.73. The van der Waals surface area contributed by atoms with Crippen LogP contribution in [0.1, 0.15) is 11.6 Å². The Kier molecular flexibility index (Phi) is 6.49. The summed E-state index contributed by atoms with van der Waals surface area (Å²) in [7, 11) is -3.95. The van der Waals surface area contributed by atoms with Gasteiger partial charge >= 0.3 is 5.97 Å². The number of sulfonamides is 1. The third-order valence-corrected chi connectivity index (χ3v) is 5.78. The smallest absolute Gasteiger partial charge is 0.340 e. The van der Waals surface area contributed by atoms with Gasteiger partial charge in [0.1, 0.15) is 5.75 Å². The van der Waals surface area contributed by atoms with Gasteiger partial charge in [-0.2, -0.15) is 4.72 Å². The first kappa shape index (κ1) is 20.8. The number of hydrogen-bond donors (Lipinski definition) is 1. The van der Waals surface area contributed by atoms with Crippen LogP contribution < -0.4 is 9.46 Å². The lowest BCUT2D eigenvalue weighted by molar-refractivity contribution is -0.130. The van der Waals surface area contributed by atoms with Crippen molar-refractivity contribution < 1.29 is 17.9 Å². The van der Waals surface area contributed by atoms with Gasteiger partial charge in [-0.15, -0.1) is 0 Å². The molecule has 1 N–H and O–H groups in total. The lowest BCUT2D eigenvalue weighted by atomic mass is 10.0. The van der Waals surface area contributed by atoms with Gasteiger partial charge in [-0.3, -0.25) is 0 Å². The third-order valence-electron chi connectivity index (χ3n) is 4.09. The summed E-state index contributed by atoms with van der Waals surface area (Å²) in [5.74, 6) is -0.394. The van der Waals surface area contributed by atoms with E-state index in [1.54, 1.807) is 60.7 Å². The predicted octanol–water partition coefficient (Wildman–Crippen LogP) is 4.52. The van der Waals surface area contributed by atoms with Crippen LogP contribution in [0.3, 0.4) is 0 Å². The first-order chi connectivity index (χ1) is 13.9. The summed E-state index contributed by atoms with van der Waals surface area (Å²) in [6.07, 6.45) is 0. The number of halogens is 1. The first-order valence-electron chi connectivity index (χ1n) is 8.66. The Hall–Kier alpha value is -2.93. The van der Waals surface area contributed by atoms with E-state index >= 15 is 0 Å². The molecular weight excluding hydrogens is 410 g/mol. The molecule has 0 spiro atoms. The van der Waals surface area contributed by atoms with Gasteiger partial charge in [-0.05, 0) is 42.0 Å². The molecule has 0 aliphatic carbocycles. The van der Waals surface area contributed by atoms with E-state index in [0.29, 0.717) is 16.3 Å². The number of carbonyl (C=O) groups is 1. The minimum Gasteiger partial charge on any atom is -0.423 e. The number of para-hydroxylation sites is 1. The molecule has 0 bridgehead atoms. The molecule has 0 amide bonds.